The van der Waals surface area contributed by atoms with Gasteiger partial charge in [-0.3, -0.25) is 9.59 Å². The van der Waals surface area contributed by atoms with Gasteiger partial charge in [-0.2, -0.15) is 0 Å². The number of nitrogens with zero attached hydrogens (tertiary/aromatic N) is 1. The molecular formula is C23H27NO4. The van der Waals surface area contributed by atoms with E-state index in [2.05, 4.69) is 0 Å². The van der Waals surface area contributed by atoms with E-state index in [-0.39, 0.29) is 23.8 Å². The molecule has 0 aliphatic carbocycles. The summed E-state index contributed by atoms with van der Waals surface area (Å²) in [6, 6.07) is 15.4. The summed E-state index contributed by atoms with van der Waals surface area (Å²) in [5, 5.41) is 0. The SMILES string of the molecule is COC(=O)C1CC(C)N(C(=O)CCCOc2ccccc2C)c2ccccc21. The Bertz CT molecular complexity index is 848. The van der Waals surface area contributed by atoms with E-state index in [0.29, 0.717) is 25.9 Å². The van der Waals surface area contributed by atoms with Crippen molar-refractivity contribution in [1.29, 1.82) is 0 Å². The summed E-state index contributed by atoms with van der Waals surface area (Å²) >= 11 is 0. The Hall–Kier alpha value is -2.82. The van der Waals surface area contributed by atoms with Crippen molar-refractivity contribution >= 4 is 17.6 Å². The van der Waals surface area contributed by atoms with Gasteiger partial charge in [-0.25, -0.2) is 0 Å². The third-order valence-corrected chi connectivity index (χ3v) is 5.23. The lowest BCUT2D eigenvalue weighted by atomic mass is 9.86. The lowest BCUT2D eigenvalue weighted by molar-refractivity contribution is -0.143. The molecule has 1 amide bonds. The number of esters is 1. The first-order chi connectivity index (χ1) is 13.5. The molecule has 1 aliphatic heterocycles. The summed E-state index contributed by atoms with van der Waals surface area (Å²) in [6.07, 6.45) is 1.60. The van der Waals surface area contributed by atoms with Crippen molar-refractivity contribution in [2.45, 2.75) is 45.1 Å². The van der Waals surface area contributed by atoms with Crippen LogP contribution in [-0.4, -0.2) is 31.6 Å². The fourth-order valence-corrected chi connectivity index (χ4v) is 3.80. The summed E-state index contributed by atoms with van der Waals surface area (Å²) in [6.45, 7) is 4.48. The molecule has 1 aliphatic rings. The van der Waals surface area contributed by atoms with E-state index < -0.39 is 0 Å². The molecule has 0 aromatic heterocycles. The van der Waals surface area contributed by atoms with Crippen molar-refractivity contribution in [3.63, 3.8) is 0 Å². The number of carbonyl (C=O) groups excluding carboxylic acids is 2. The summed E-state index contributed by atoms with van der Waals surface area (Å²) < 4.78 is 10.8. The van der Waals surface area contributed by atoms with Crippen molar-refractivity contribution in [3.8, 4) is 5.75 Å². The van der Waals surface area contributed by atoms with Gasteiger partial charge in [0.1, 0.15) is 5.75 Å². The molecule has 3 rings (SSSR count). The minimum absolute atomic E-state index is 0.0525. The Morgan fingerprint density at radius 3 is 2.57 bits per heavy atom. The molecule has 0 saturated carbocycles. The van der Waals surface area contributed by atoms with E-state index in [0.717, 1.165) is 22.6 Å². The predicted octanol–water partition coefficient (Wildman–Crippen LogP) is 4.24. The highest BCUT2D eigenvalue weighted by Crippen LogP contribution is 2.39. The predicted molar refractivity (Wildman–Crippen MR) is 109 cm³/mol. The van der Waals surface area contributed by atoms with Crippen molar-refractivity contribution in [2.24, 2.45) is 0 Å². The summed E-state index contributed by atoms with van der Waals surface area (Å²) in [4.78, 5) is 27.0. The highest BCUT2D eigenvalue weighted by Gasteiger charge is 2.37. The molecule has 2 aromatic rings. The highest BCUT2D eigenvalue weighted by molar-refractivity contribution is 5.97. The highest BCUT2D eigenvalue weighted by atomic mass is 16.5. The molecular weight excluding hydrogens is 354 g/mol. The van der Waals surface area contributed by atoms with Gasteiger partial charge in [0.2, 0.25) is 5.91 Å². The van der Waals surface area contributed by atoms with Crippen molar-refractivity contribution in [2.75, 3.05) is 18.6 Å². The number of hydrogen-bond acceptors (Lipinski definition) is 4. The van der Waals surface area contributed by atoms with Crippen molar-refractivity contribution in [3.05, 3.63) is 59.7 Å². The number of benzene rings is 2. The number of rotatable bonds is 6. The number of fused-ring (bicyclic) bond motifs is 1. The fraction of sp³-hybridized carbons (Fsp3) is 0.391. The van der Waals surface area contributed by atoms with E-state index in [9.17, 15) is 9.59 Å². The smallest absolute Gasteiger partial charge is 0.313 e. The van der Waals surface area contributed by atoms with Gasteiger partial charge >= 0.3 is 5.97 Å². The number of ether oxygens (including phenoxy) is 2. The molecule has 5 nitrogen and oxygen atoms in total. The van der Waals surface area contributed by atoms with E-state index in [1.807, 2.05) is 67.3 Å². The Kier molecular flexibility index (Phi) is 6.34. The van der Waals surface area contributed by atoms with E-state index in [1.54, 1.807) is 0 Å². The van der Waals surface area contributed by atoms with Crippen LogP contribution in [0.15, 0.2) is 48.5 Å². The second kappa shape index (κ2) is 8.91. The zero-order valence-electron chi connectivity index (χ0n) is 16.7. The molecule has 0 saturated heterocycles. The third-order valence-electron chi connectivity index (χ3n) is 5.23. The summed E-state index contributed by atoms with van der Waals surface area (Å²) in [5.41, 5.74) is 2.75. The van der Waals surface area contributed by atoms with Crippen LogP contribution in [0.5, 0.6) is 5.75 Å². The molecule has 1 heterocycles. The van der Waals surface area contributed by atoms with E-state index in [4.69, 9.17) is 9.47 Å². The number of para-hydroxylation sites is 2. The number of carbonyl (C=O) groups is 2. The third kappa shape index (κ3) is 4.19. The monoisotopic (exact) mass is 381 g/mol. The van der Waals surface area contributed by atoms with Crippen LogP contribution in [-0.2, 0) is 14.3 Å². The van der Waals surface area contributed by atoms with Gasteiger partial charge < -0.3 is 14.4 Å². The average Bonchev–Trinajstić information content (AvgIpc) is 2.71. The normalized spacial score (nSPS) is 18.3. The maximum Gasteiger partial charge on any atom is 0.313 e. The van der Waals surface area contributed by atoms with Gasteiger partial charge in [0.15, 0.2) is 0 Å². The summed E-state index contributed by atoms with van der Waals surface area (Å²) in [7, 11) is 1.40. The van der Waals surface area contributed by atoms with Gasteiger partial charge in [0.05, 0.1) is 19.6 Å². The number of anilines is 1. The largest absolute Gasteiger partial charge is 0.493 e. The maximum atomic E-state index is 12.9. The van der Waals surface area contributed by atoms with Crippen LogP contribution in [0, 0.1) is 6.92 Å². The quantitative estimate of drug-likeness (QED) is 0.555. The molecule has 0 radical (unpaired) electrons. The first-order valence-corrected chi connectivity index (χ1v) is 9.70. The van der Waals surface area contributed by atoms with Gasteiger partial charge in [-0.1, -0.05) is 36.4 Å². The molecule has 0 spiro atoms. The first kappa shape index (κ1) is 19.9. The Morgan fingerprint density at radius 2 is 1.82 bits per heavy atom. The molecule has 2 unspecified atom stereocenters. The van der Waals surface area contributed by atoms with E-state index >= 15 is 0 Å². The van der Waals surface area contributed by atoms with Crippen LogP contribution in [0.4, 0.5) is 5.69 Å². The topological polar surface area (TPSA) is 55.8 Å². The minimum Gasteiger partial charge on any atom is -0.493 e. The number of aryl methyl sites for hydroxylation is 1. The number of hydrogen-bond donors (Lipinski definition) is 0. The van der Waals surface area contributed by atoms with Crippen LogP contribution in [0.2, 0.25) is 0 Å². The lowest BCUT2D eigenvalue weighted by Crippen LogP contribution is -2.44. The van der Waals surface area contributed by atoms with Crippen LogP contribution >= 0.6 is 0 Å². The van der Waals surface area contributed by atoms with Crippen molar-refractivity contribution in [1.82, 2.24) is 0 Å². The molecule has 5 heteroatoms. The zero-order chi connectivity index (χ0) is 20.1. The van der Waals surface area contributed by atoms with E-state index in [1.165, 1.54) is 7.11 Å². The molecule has 0 N–H and O–H groups in total. The molecule has 0 fully saturated rings. The van der Waals surface area contributed by atoms with Gasteiger partial charge in [0.25, 0.3) is 0 Å². The molecule has 148 valence electrons. The zero-order valence-corrected chi connectivity index (χ0v) is 16.7. The second-order valence-electron chi connectivity index (χ2n) is 7.20. The second-order valence-corrected chi connectivity index (χ2v) is 7.20. The van der Waals surface area contributed by atoms with Crippen LogP contribution in [0.1, 0.15) is 43.2 Å². The number of methoxy groups -OCH3 is 1. The van der Waals surface area contributed by atoms with Crippen LogP contribution < -0.4 is 9.64 Å². The van der Waals surface area contributed by atoms with Gasteiger partial charge in [0, 0.05) is 18.2 Å². The van der Waals surface area contributed by atoms with Crippen molar-refractivity contribution < 1.29 is 19.1 Å². The van der Waals surface area contributed by atoms with Gasteiger partial charge in [-0.15, -0.1) is 0 Å². The number of amides is 1. The Balaban J connectivity index is 1.66. The van der Waals surface area contributed by atoms with Crippen LogP contribution in [0.25, 0.3) is 0 Å². The molecule has 2 aromatic carbocycles. The fourth-order valence-electron chi connectivity index (χ4n) is 3.80. The maximum absolute atomic E-state index is 12.9. The molecule has 2 atom stereocenters. The summed E-state index contributed by atoms with van der Waals surface area (Å²) in [5.74, 6) is 0.326. The van der Waals surface area contributed by atoms with Gasteiger partial charge in [-0.05, 0) is 49.9 Å². The Labute approximate surface area is 166 Å². The molecule has 0 bridgehead atoms. The van der Waals surface area contributed by atoms with Crippen LogP contribution in [0.3, 0.4) is 0 Å². The average molecular weight is 381 g/mol. The lowest BCUT2D eigenvalue weighted by Gasteiger charge is -2.38. The Morgan fingerprint density at radius 1 is 1.11 bits per heavy atom. The molecule has 28 heavy (non-hydrogen) atoms. The standard InChI is InChI=1S/C23H27NO4/c1-16-9-4-7-12-21(16)28-14-8-13-22(25)24-17(2)15-19(23(26)27-3)18-10-5-6-11-20(18)24/h4-7,9-12,17,19H,8,13-15H2,1-3H3. The first-order valence-electron chi connectivity index (χ1n) is 9.70. The minimum atomic E-state index is -0.329.